The molecule has 2 aliphatic rings. The van der Waals surface area contributed by atoms with E-state index >= 15 is 0 Å². The van der Waals surface area contributed by atoms with Crippen LogP contribution in [-0.2, 0) is 4.74 Å². The molecule has 0 amide bonds. The van der Waals surface area contributed by atoms with E-state index in [2.05, 4.69) is 19.2 Å². The van der Waals surface area contributed by atoms with E-state index in [1.54, 1.807) is 0 Å². The van der Waals surface area contributed by atoms with Gasteiger partial charge in [0, 0.05) is 18.6 Å². The fraction of sp³-hybridized carbons (Fsp3) is 1.00. The van der Waals surface area contributed by atoms with Gasteiger partial charge in [0.2, 0.25) is 0 Å². The summed E-state index contributed by atoms with van der Waals surface area (Å²) >= 11 is 0. The molecule has 2 atom stereocenters. The van der Waals surface area contributed by atoms with E-state index in [4.69, 9.17) is 4.74 Å². The average Bonchev–Trinajstić information content (AvgIpc) is 3.14. The highest BCUT2D eigenvalue weighted by Gasteiger charge is 2.49. The van der Waals surface area contributed by atoms with Gasteiger partial charge >= 0.3 is 0 Å². The lowest BCUT2D eigenvalue weighted by molar-refractivity contribution is 0.0255. The zero-order valence-electron chi connectivity index (χ0n) is 12.3. The summed E-state index contributed by atoms with van der Waals surface area (Å²) in [5.41, 5.74) is 0.463. The van der Waals surface area contributed by atoms with Crippen molar-refractivity contribution in [2.75, 3.05) is 19.7 Å². The molecule has 1 heterocycles. The van der Waals surface area contributed by atoms with Gasteiger partial charge in [0.1, 0.15) is 0 Å². The van der Waals surface area contributed by atoms with Gasteiger partial charge in [0.05, 0.1) is 6.10 Å². The predicted octanol–water partition coefficient (Wildman–Crippen LogP) is 3.75. The molecule has 2 nitrogen and oxygen atoms in total. The van der Waals surface area contributed by atoms with Gasteiger partial charge in [-0.1, -0.05) is 39.5 Å². The van der Waals surface area contributed by atoms with Crippen LogP contribution in [0.4, 0.5) is 0 Å². The van der Waals surface area contributed by atoms with Crippen LogP contribution in [0.3, 0.4) is 0 Å². The van der Waals surface area contributed by atoms with Crippen molar-refractivity contribution in [3.05, 3.63) is 0 Å². The first kappa shape index (κ1) is 14.3. The summed E-state index contributed by atoms with van der Waals surface area (Å²) < 4.78 is 6.11. The number of nitrogens with one attached hydrogen (secondary N) is 1. The third-order valence-electron chi connectivity index (χ3n) is 4.81. The Bertz CT molecular complexity index is 239. The van der Waals surface area contributed by atoms with Gasteiger partial charge in [-0.05, 0) is 38.1 Å². The monoisotopic (exact) mass is 253 g/mol. The van der Waals surface area contributed by atoms with Crippen molar-refractivity contribution in [3.8, 4) is 0 Å². The minimum absolute atomic E-state index is 0.463. The Morgan fingerprint density at radius 3 is 2.67 bits per heavy atom. The van der Waals surface area contributed by atoms with Crippen molar-refractivity contribution in [2.24, 2.45) is 11.3 Å². The number of ether oxygens (including phenoxy) is 1. The summed E-state index contributed by atoms with van der Waals surface area (Å²) in [7, 11) is 0. The maximum atomic E-state index is 6.11. The van der Waals surface area contributed by atoms with Crippen molar-refractivity contribution >= 4 is 0 Å². The van der Waals surface area contributed by atoms with Crippen LogP contribution < -0.4 is 5.32 Å². The van der Waals surface area contributed by atoms with E-state index in [1.165, 1.54) is 57.9 Å². The van der Waals surface area contributed by atoms with Crippen LogP contribution in [-0.4, -0.2) is 25.8 Å². The standard InChI is InChI=1S/C16H31NO/c1-3-5-6-7-10-16(13-17-4-2)11-12-18-15(16)14-8-9-14/h14-15,17H,3-13H2,1-2H3. The van der Waals surface area contributed by atoms with Gasteiger partial charge in [0.15, 0.2) is 0 Å². The van der Waals surface area contributed by atoms with Crippen LogP contribution in [0.15, 0.2) is 0 Å². The lowest BCUT2D eigenvalue weighted by Crippen LogP contribution is -2.42. The SMILES string of the molecule is CCCCCCC1(CNCC)CCOC1C1CC1. The fourth-order valence-corrected chi connectivity index (χ4v) is 3.57. The Kier molecular flexibility index (Phi) is 5.50. The highest BCUT2D eigenvalue weighted by Crippen LogP contribution is 2.50. The Morgan fingerprint density at radius 2 is 2.00 bits per heavy atom. The minimum Gasteiger partial charge on any atom is -0.377 e. The van der Waals surface area contributed by atoms with Crippen LogP contribution in [0.2, 0.25) is 0 Å². The third kappa shape index (κ3) is 3.48. The second-order valence-corrected chi connectivity index (χ2v) is 6.33. The number of rotatable bonds is 9. The normalized spacial score (nSPS) is 32.0. The second kappa shape index (κ2) is 6.91. The fourth-order valence-electron chi connectivity index (χ4n) is 3.57. The van der Waals surface area contributed by atoms with Gasteiger partial charge in [-0.25, -0.2) is 0 Å². The van der Waals surface area contributed by atoms with E-state index < -0.39 is 0 Å². The van der Waals surface area contributed by atoms with Crippen molar-refractivity contribution in [2.45, 2.75) is 71.3 Å². The van der Waals surface area contributed by atoms with Crippen molar-refractivity contribution in [1.29, 1.82) is 0 Å². The van der Waals surface area contributed by atoms with Crippen LogP contribution >= 0.6 is 0 Å². The summed E-state index contributed by atoms with van der Waals surface area (Å²) in [6.45, 7) is 7.78. The summed E-state index contributed by atoms with van der Waals surface area (Å²) in [4.78, 5) is 0. The molecular formula is C16H31NO. The molecule has 1 saturated heterocycles. The first-order valence-corrected chi connectivity index (χ1v) is 8.14. The smallest absolute Gasteiger partial charge is 0.0672 e. The van der Waals surface area contributed by atoms with Gasteiger partial charge in [-0.3, -0.25) is 0 Å². The second-order valence-electron chi connectivity index (χ2n) is 6.33. The third-order valence-corrected chi connectivity index (χ3v) is 4.81. The number of unbranched alkanes of at least 4 members (excludes halogenated alkanes) is 3. The number of hydrogen-bond acceptors (Lipinski definition) is 2. The van der Waals surface area contributed by atoms with E-state index in [-0.39, 0.29) is 0 Å². The van der Waals surface area contributed by atoms with Gasteiger partial charge in [-0.15, -0.1) is 0 Å². The summed E-state index contributed by atoms with van der Waals surface area (Å²) in [5.74, 6) is 0.886. The molecule has 106 valence electrons. The van der Waals surface area contributed by atoms with E-state index in [0.717, 1.165) is 19.1 Å². The largest absolute Gasteiger partial charge is 0.377 e. The van der Waals surface area contributed by atoms with Crippen LogP contribution in [0.1, 0.15) is 65.2 Å². The molecule has 2 heteroatoms. The van der Waals surface area contributed by atoms with Crippen molar-refractivity contribution < 1.29 is 4.74 Å². The predicted molar refractivity (Wildman–Crippen MR) is 76.8 cm³/mol. The van der Waals surface area contributed by atoms with Gasteiger partial charge in [-0.2, -0.15) is 0 Å². The molecule has 18 heavy (non-hydrogen) atoms. The zero-order valence-corrected chi connectivity index (χ0v) is 12.3. The first-order valence-electron chi connectivity index (χ1n) is 8.14. The molecule has 2 unspecified atom stereocenters. The lowest BCUT2D eigenvalue weighted by Gasteiger charge is -2.35. The topological polar surface area (TPSA) is 21.3 Å². The first-order chi connectivity index (χ1) is 8.82. The summed E-state index contributed by atoms with van der Waals surface area (Å²) in [5, 5.41) is 3.60. The maximum absolute atomic E-state index is 6.11. The van der Waals surface area contributed by atoms with Crippen LogP contribution in [0.25, 0.3) is 0 Å². The van der Waals surface area contributed by atoms with Crippen molar-refractivity contribution in [1.82, 2.24) is 5.32 Å². The average molecular weight is 253 g/mol. The Morgan fingerprint density at radius 1 is 1.17 bits per heavy atom. The van der Waals surface area contributed by atoms with Gasteiger partial charge in [0.25, 0.3) is 0 Å². The van der Waals surface area contributed by atoms with E-state index in [1.807, 2.05) is 0 Å². The molecular weight excluding hydrogens is 222 g/mol. The zero-order chi connectivity index (χ0) is 12.8. The molecule has 1 saturated carbocycles. The number of hydrogen-bond donors (Lipinski definition) is 1. The molecule has 2 fully saturated rings. The van der Waals surface area contributed by atoms with E-state index in [0.29, 0.717) is 11.5 Å². The van der Waals surface area contributed by atoms with Gasteiger partial charge < -0.3 is 10.1 Å². The molecule has 0 aromatic heterocycles. The molecule has 1 aliphatic carbocycles. The molecule has 0 spiro atoms. The summed E-state index contributed by atoms with van der Waals surface area (Å²) in [6.07, 6.45) is 11.6. The van der Waals surface area contributed by atoms with E-state index in [9.17, 15) is 0 Å². The van der Waals surface area contributed by atoms with Crippen molar-refractivity contribution in [3.63, 3.8) is 0 Å². The van der Waals surface area contributed by atoms with Crippen LogP contribution in [0, 0.1) is 11.3 Å². The maximum Gasteiger partial charge on any atom is 0.0672 e. The Labute approximate surface area is 113 Å². The highest BCUT2D eigenvalue weighted by molar-refractivity contribution is 5.00. The Balaban J connectivity index is 1.88. The summed E-state index contributed by atoms with van der Waals surface area (Å²) in [6, 6.07) is 0. The molecule has 0 bridgehead atoms. The molecule has 0 radical (unpaired) electrons. The van der Waals surface area contributed by atoms with Crippen LogP contribution in [0.5, 0.6) is 0 Å². The quantitative estimate of drug-likeness (QED) is 0.632. The molecule has 2 rings (SSSR count). The lowest BCUT2D eigenvalue weighted by atomic mass is 9.74. The minimum atomic E-state index is 0.463. The molecule has 1 aliphatic heterocycles. The molecule has 0 aromatic carbocycles. The molecule has 1 N–H and O–H groups in total. The highest BCUT2D eigenvalue weighted by atomic mass is 16.5. The molecule has 0 aromatic rings. The Hall–Kier alpha value is -0.0800.